The summed E-state index contributed by atoms with van der Waals surface area (Å²) >= 11 is 0. The van der Waals surface area contributed by atoms with E-state index in [0.717, 1.165) is 11.8 Å². The molecule has 0 saturated heterocycles. The Morgan fingerprint density at radius 1 is 1.42 bits per heavy atom. The van der Waals surface area contributed by atoms with Crippen molar-refractivity contribution in [2.45, 2.75) is 18.9 Å². The predicted molar refractivity (Wildman–Crippen MR) is 48.8 cm³/mol. The van der Waals surface area contributed by atoms with Gasteiger partial charge in [-0.15, -0.1) is 0 Å². The van der Waals surface area contributed by atoms with Gasteiger partial charge in [0, 0.05) is 0 Å². The topological polar surface area (TPSA) is 43.1 Å². The highest BCUT2D eigenvalue weighted by atomic mass is 16.1. The first-order valence-corrected chi connectivity index (χ1v) is 3.93. The summed E-state index contributed by atoms with van der Waals surface area (Å²) in [5, 5.41) is 0. The number of aldehydes is 1. The van der Waals surface area contributed by atoms with E-state index in [1.165, 1.54) is 0 Å². The maximum atomic E-state index is 10.5. The highest BCUT2D eigenvalue weighted by molar-refractivity contribution is 5.63. The van der Waals surface area contributed by atoms with Crippen molar-refractivity contribution in [3.8, 4) is 0 Å². The third-order valence-electron chi connectivity index (χ3n) is 1.70. The quantitative estimate of drug-likeness (QED) is 0.679. The number of hydrogen-bond donors (Lipinski definition) is 1. The Kier molecular flexibility index (Phi) is 2.61. The van der Waals surface area contributed by atoms with Gasteiger partial charge in [0.15, 0.2) is 0 Å². The first-order valence-electron chi connectivity index (χ1n) is 3.93. The lowest BCUT2D eigenvalue weighted by Gasteiger charge is -2.16. The Labute approximate surface area is 72.4 Å². The molecule has 0 aliphatic rings. The third kappa shape index (κ3) is 2.47. The lowest BCUT2D eigenvalue weighted by molar-refractivity contribution is -0.111. The van der Waals surface area contributed by atoms with E-state index in [9.17, 15) is 4.79 Å². The van der Waals surface area contributed by atoms with E-state index in [0.29, 0.717) is 6.42 Å². The zero-order chi connectivity index (χ0) is 9.03. The average molecular weight is 163 g/mol. The van der Waals surface area contributed by atoms with Crippen molar-refractivity contribution < 1.29 is 4.79 Å². The van der Waals surface area contributed by atoms with Gasteiger partial charge in [-0.3, -0.25) is 0 Å². The highest BCUT2D eigenvalue weighted by Gasteiger charge is 2.16. The normalized spacial score (nSPS) is 15.2. The molecular formula is C10H13NO. The van der Waals surface area contributed by atoms with Crippen molar-refractivity contribution in [2.75, 3.05) is 0 Å². The van der Waals surface area contributed by atoms with Gasteiger partial charge in [0.1, 0.15) is 6.29 Å². The molecule has 12 heavy (non-hydrogen) atoms. The Bertz CT molecular complexity index is 254. The van der Waals surface area contributed by atoms with Crippen LogP contribution in [0, 0.1) is 0 Å². The SMILES string of the molecule is C[C@@](N)(C=O)Cc1ccccc1. The molecule has 0 bridgehead atoms. The maximum absolute atomic E-state index is 10.5. The number of carbonyl (C=O) groups is 1. The van der Waals surface area contributed by atoms with Gasteiger partial charge >= 0.3 is 0 Å². The Hall–Kier alpha value is -1.15. The summed E-state index contributed by atoms with van der Waals surface area (Å²) in [7, 11) is 0. The first kappa shape index (κ1) is 8.94. The van der Waals surface area contributed by atoms with Crippen LogP contribution in [0.15, 0.2) is 30.3 Å². The standard InChI is InChI=1S/C10H13NO/c1-10(11,8-12)7-9-5-3-2-4-6-9/h2-6,8H,7,11H2,1H3/t10-/m0/s1. The monoisotopic (exact) mass is 163 g/mol. The number of rotatable bonds is 3. The van der Waals surface area contributed by atoms with Crippen molar-refractivity contribution in [3.63, 3.8) is 0 Å². The molecule has 0 saturated carbocycles. The molecule has 1 rings (SSSR count). The van der Waals surface area contributed by atoms with Crippen LogP contribution in [0.4, 0.5) is 0 Å². The number of hydrogen-bond acceptors (Lipinski definition) is 2. The summed E-state index contributed by atoms with van der Waals surface area (Å²) in [6.45, 7) is 1.73. The fourth-order valence-electron chi connectivity index (χ4n) is 1.08. The molecule has 0 fully saturated rings. The summed E-state index contributed by atoms with van der Waals surface area (Å²) in [5.41, 5.74) is 6.04. The van der Waals surface area contributed by atoms with Gasteiger partial charge in [0.05, 0.1) is 5.54 Å². The molecule has 2 N–H and O–H groups in total. The van der Waals surface area contributed by atoms with Gasteiger partial charge in [0.2, 0.25) is 0 Å². The van der Waals surface area contributed by atoms with Crippen LogP contribution in [0.1, 0.15) is 12.5 Å². The summed E-state index contributed by atoms with van der Waals surface area (Å²) < 4.78 is 0. The van der Waals surface area contributed by atoms with Crippen molar-refractivity contribution >= 4 is 6.29 Å². The Morgan fingerprint density at radius 3 is 2.50 bits per heavy atom. The minimum atomic E-state index is -0.735. The molecule has 0 aliphatic carbocycles. The van der Waals surface area contributed by atoms with Gasteiger partial charge in [-0.2, -0.15) is 0 Å². The second-order valence-electron chi connectivity index (χ2n) is 3.29. The van der Waals surface area contributed by atoms with E-state index in [-0.39, 0.29) is 0 Å². The van der Waals surface area contributed by atoms with Crippen molar-refractivity contribution in [3.05, 3.63) is 35.9 Å². The lowest BCUT2D eigenvalue weighted by Crippen LogP contribution is -2.40. The van der Waals surface area contributed by atoms with E-state index >= 15 is 0 Å². The highest BCUT2D eigenvalue weighted by Crippen LogP contribution is 2.07. The third-order valence-corrected chi connectivity index (χ3v) is 1.70. The predicted octanol–water partition coefficient (Wildman–Crippen LogP) is 1.15. The van der Waals surface area contributed by atoms with Crippen LogP contribution in [0.5, 0.6) is 0 Å². The second kappa shape index (κ2) is 3.50. The molecule has 0 heterocycles. The van der Waals surface area contributed by atoms with Crippen LogP contribution in [-0.4, -0.2) is 11.8 Å². The largest absolute Gasteiger partial charge is 0.319 e. The molecule has 0 radical (unpaired) electrons. The molecule has 1 atom stereocenters. The van der Waals surface area contributed by atoms with Crippen LogP contribution in [-0.2, 0) is 11.2 Å². The molecule has 2 nitrogen and oxygen atoms in total. The fourth-order valence-corrected chi connectivity index (χ4v) is 1.08. The molecule has 0 spiro atoms. The van der Waals surface area contributed by atoms with E-state index in [1.807, 2.05) is 30.3 Å². The van der Waals surface area contributed by atoms with E-state index < -0.39 is 5.54 Å². The molecule has 2 heteroatoms. The molecule has 0 amide bonds. The molecule has 1 aromatic carbocycles. The van der Waals surface area contributed by atoms with E-state index in [1.54, 1.807) is 6.92 Å². The molecule has 1 aromatic rings. The maximum Gasteiger partial charge on any atom is 0.139 e. The molecule has 0 aromatic heterocycles. The summed E-state index contributed by atoms with van der Waals surface area (Å²) in [6, 6.07) is 9.76. The Balaban J connectivity index is 2.70. The van der Waals surface area contributed by atoms with E-state index in [2.05, 4.69) is 0 Å². The van der Waals surface area contributed by atoms with Crippen LogP contribution in [0.25, 0.3) is 0 Å². The zero-order valence-corrected chi connectivity index (χ0v) is 7.16. The van der Waals surface area contributed by atoms with Crippen molar-refractivity contribution in [2.24, 2.45) is 5.73 Å². The smallest absolute Gasteiger partial charge is 0.139 e. The van der Waals surface area contributed by atoms with E-state index in [4.69, 9.17) is 5.73 Å². The number of benzene rings is 1. The van der Waals surface area contributed by atoms with Gasteiger partial charge in [-0.25, -0.2) is 0 Å². The van der Waals surface area contributed by atoms with Crippen LogP contribution in [0.2, 0.25) is 0 Å². The molecular weight excluding hydrogens is 150 g/mol. The minimum Gasteiger partial charge on any atom is -0.319 e. The number of nitrogens with two attached hydrogens (primary N) is 1. The van der Waals surface area contributed by atoms with Crippen LogP contribution in [0.3, 0.4) is 0 Å². The zero-order valence-electron chi connectivity index (χ0n) is 7.16. The van der Waals surface area contributed by atoms with Crippen LogP contribution >= 0.6 is 0 Å². The minimum absolute atomic E-state index is 0.595. The van der Waals surface area contributed by atoms with Gasteiger partial charge in [0.25, 0.3) is 0 Å². The van der Waals surface area contributed by atoms with Crippen molar-refractivity contribution in [1.29, 1.82) is 0 Å². The lowest BCUT2D eigenvalue weighted by atomic mass is 9.96. The molecule has 0 unspecified atom stereocenters. The summed E-state index contributed by atoms with van der Waals surface area (Å²) in [4.78, 5) is 10.5. The first-order chi connectivity index (χ1) is 5.64. The summed E-state index contributed by atoms with van der Waals surface area (Å²) in [5.74, 6) is 0. The van der Waals surface area contributed by atoms with Gasteiger partial charge in [-0.1, -0.05) is 30.3 Å². The molecule has 0 aliphatic heterocycles. The van der Waals surface area contributed by atoms with Crippen LogP contribution < -0.4 is 5.73 Å². The van der Waals surface area contributed by atoms with Gasteiger partial charge in [-0.05, 0) is 18.9 Å². The van der Waals surface area contributed by atoms with Crippen molar-refractivity contribution in [1.82, 2.24) is 0 Å². The van der Waals surface area contributed by atoms with Gasteiger partial charge < -0.3 is 10.5 Å². The second-order valence-corrected chi connectivity index (χ2v) is 3.29. The Morgan fingerprint density at radius 2 is 2.00 bits per heavy atom. The fraction of sp³-hybridized carbons (Fsp3) is 0.300. The summed E-state index contributed by atoms with van der Waals surface area (Å²) in [6.07, 6.45) is 1.39. The average Bonchev–Trinajstić information content (AvgIpc) is 2.06. The molecule has 64 valence electrons. The number of carbonyl (C=O) groups excluding carboxylic acids is 1.